The maximum atomic E-state index is 12.1. The van der Waals surface area contributed by atoms with Crippen molar-refractivity contribution in [3.05, 3.63) is 115 Å². The molecular formula is C29H26Br2FN5. The average molecular weight is 623 g/mol. The normalized spacial score (nSPS) is 11.4. The summed E-state index contributed by atoms with van der Waals surface area (Å²) in [5, 5.41) is 5.55. The van der Waals surface area contributed by atoms with Crippen molar-refractivity contribution < 1.29 is 4.39 Å². The van der Waals surface area contributed by atoms with Gasteiger partial charge < -0.3 is 0 Å². The Bertz CT molecular complexity index is 1580. The SMILES string of the molecule is Cc1cc2c(cc1Br)CN=C2.Cc1cccc(-n2ncc3cc(C)c(Br)cc32)n1.Cc1cccc(F)n1. The molecule has 0 saturated heterocycles. The van der Waals surface area contributed by atoms with Crippen LogP contribution in [0.4, 0.5) is 4.39 Å². The maximum absolute atomic E-state index is 12.1. The third-order valence-corrected chi connectivity index (χ3v) is 7.41. The van der Waals surface area contributed by atoms with E-state index in [2.05, 4.69) is 90.0 Å². The zero-order valence-corrected chi connectivity index (χ0v) is 24.2. The van der Waals surface area contributed by atoms with Crippen LogP contribution in [0.25, 0.3) is 16.7 Å². The van der Waals surface area contributed by atoms with Crippen LogP contribution in [0.5, 0.6) is 0 Å². The Balaban J connectivity index is 0.000000143. The van der Waals surface area contributed by atoms with Gasteiger partial charge in [0.15, 0.2) is 5.82 Å². The topological polar surface area (TPSA) is 56.0 Å². The Morgan fingerprint density at radius 3 is 2.16 bits per heavy atom. The molecule has 0 aliphatic carbocycles. The molecule has 0 amide bonds. The number of halogens is 3. The van der Waals surface area contributed by atoms with E-state index >= 15 is 0 Å². The summed E-state index contributed by atoms with van der Waals surface area (Å²) in [6, 6.07) is 19.2. The van der Waals surface area contributed by atoms with E-state index in [0.29, 0.717) is 5.69 Å². The fraction of sp³-hybridized carbons (Fsp3) is 0.172. The van der Waals surface area contributed by atoms with E-state index in [9.17, 15) is 4.39 Å². The van der Waals surface area contributed by atoms with Crippen molar-refractivity contribution in [2.24, 2.45) is 4.99 Å². The molecule has 3 aromatic heterocycles. The highest BCUT2D eigenvalue weighted by atomic mass is 79.9. The van der Waals surface area contributed by atoms with Crippen LogP contribution in [0.2, 0.25) is 0 Å². The third kappa shape index (κ3) is 6.76. The number of hydrogen-bond acceptors (Lipinski definition) is 4. The van der Waals surface area contributed by atoms with Gasteiger partial charge in [-0.15, -0.1) is 0 Å². The van der Waals surface area contributed by atoms with Gasteiger partial charge in [0.2, 0.25) is 5.95 Å². The van der Waals surface area contributed by atoms with Gasteiger partial charge in [-0.05, 0) is 98.5 Å². The summed E-state index contributed by atoms with van der Waals surface area (Å²) in [7, 11) is 0. The molecule has 6 rings (SSSR count). The van der Waals surface area contributed by atoms with Crippen LogP contribution in [0.15, 0.2) is 80.8 Å². The summed E-state index contributed by atoms with van der Waals surface area (Å²) in [4.78, 5) is 12.2. The smallest absolute Gasteiger partial charge is 0.213 e. The molecule has 1 aliphatic heterocycles. The van der Waals surface area contributed by atoms with Crippen LogP contribution < -0.4 is 0 Å². The predicted octanol–water partition coefficient (Wildman–Crippen LogP) is 8.02. The van der Waals surface area contributed by atoms with Crippen molar-refractivity contribution in [2.75, 3.05) is 0 Å². The number of benzene rings is 2. The Morgan fingerprint density at radius 2 is 1.49 bits per heavy atom. The van der Waals surface area contributed by atoms with Crippen molar-refractivity contribution in [2.45, 2.75) is 34.2 Å². The highest BCUT2D eigenvalue weighted by Crippen LogP contribution is 2.25. The minimum absolute atomic E-state index is 0.412. The molecule has 5 nitrogen and oxygen atoms in total. The van der Waals surface area contributed by atoms with Crippen LogP contribution in [0.3, 0.4) is 0 Å². The number of nitrogens with zero attached hydrogens (tertiary/aromatic N) is 5. The molecule has 0 spiro atoms. The standard InChI is InChI=1S/C14H12BrN3.C9H8BrN.C6H6FN/c1-9-6-11-8-16-18(13(11)7-12(9)15)14-5-3-4-10(2)17-14;1-6-2-7-4-11-5-8(7)3-9(6)10;1-5-3-2-4-6(7)8-5/h3-8H,1-2H3;2-4H,5H2,1H3;2-4H,1H3. The second-order valence-corrected chi connectivity index (χ2v) is 10.4. The molecule has 188 valence electrons. The first-order chi connectivity index (χ1) is 17.7. The van der Waals surface area contributed by atoms with Gasteiger partial charge in [-0.3, -0.25) is 4.99 Å². The minimum atomic E-state index is -0.412. The zero-order valence-electron chi connectivity index (χ0n) is 21.0. The molecule has 0 fully saturated rings. The lowest BCUT2D eigenvalue weighted by Crippen LogP contribution is -1.99. The first-order valence-corrected chi connectivity index (χ1v) is 13.3. The fourth-order valence-corrected chi connectivity index (χ4v) is 4.47. The van der Waals surface area contributed by atoms with Gasteiger partial charge >= 0.3 is 0 Å². The highest BCUT2D eigenvalue weighted by Gasteiger charge is 2.09. The second-order valence-electron chi connectivity index (χ2n) is 8.73. The molecule has 0 saturated carbocycles. The van der Waals surface area contributed by atoms with Crippen LogP contribution in [0.1, 0.15) is 33.6 Å². The monoisotopic (exact) mass is 621 g/mol. The minimum Gasteiger partial charge on any atom is -0.288 e. The number of hydrogen-bond donors (Lipinski definition) is 0. The Kier molecular flexibility index (Phi) is 8.61. The number of aromatic nitrogens is 4. The molecule has 0 unspecified atom stereocenters. The Hall–Kier alpha value is -3.23. The fourth-order valence-electron chi connectivity index (χ4n) is 3.75. The van der Waals surface area contributed by atoms with E-state index < -0.39 is 5.95 Å². The lowest BCUT2D eigenvalue weighted by molar-refractivity contribution is 0.580. The van der Waals surface area contributed by atoms with Crippen LogP contribution in [-0.2, 0) is 6.54 Å². The first-order valence-electron chi connectivity index (χ1n) is 11.7. The van der Waals surface area contributed by atoms with Gasteiger partial charge in [-0.2, -0.15) is 9.49 Å². The van der Waals surface area contributed by atoms with Gasteiger partial charge in [0.05, 0.1) is 18.3 Å². The van der Waals surface area contributed by atoms with Crippen molar-refractivity contribution >= 4 is 49.0 Å². The van der Waals surface area contributed by atoms with Crippen LogP contribution >= 0.6 is 31.9 Å². The summed E-state index contributed by atoms with van der Waals surface area (Å²) in [5.74, 6) is 0.436. The molecular weight excluding hydrogens is 597 g/mol. The molecule has 0 N–H and O–H groups in total. The molecule has 1 aliphatic rings. The number of pyridine rings is 2. The summed E-state index contributed by atoms with van der Waals surface area (Å²) in [6.07, 6.45) is 3.81. The van der Waals surface area contributed by atoms with Crippen molar-refractivity contribution in [3.8, 4) is 5.82 Å². The number of rotatable bonds is 1. The molecule has 8 heteroatoms. The summed E-state index contributed by atoms with van der Waals surface area (Å²) >= 11 is 7.05. The highest BCUT2D eigenvalue weighted by molar-refractivity contribution is 9.10. The third-order valence-electron chi connectivity index (χ3n) is 5.71. The van der Waals surface area contributed by atoms with Gasteiger partial charge in [0, 0.05) is 31.9 Å². The van der Waals surface area contributed by atoms with E-state index in [4.69, 9.17) is 0 Å². The first kappa shape index (κ1) is 26.8. The Labute approximate surface area is 232 Å². The van der Waals surface area contributed by atoms with E-state index in [1.54, 1.807) is 19.1 Å². The maximum Gasteiger partial charge on any atom is 0.213 e. The van der Waals surface area contributed by atoms with Gasteiger partial charge in [0.1, 0.15) is 0 Å². The molecule has 0 bridgehead atoms. The molecule has 0 radical (unpaired) electrons. The largest absolute Gasteiger partial charge is 0.288 e. The van der Waals surface area contributed by atoms with Crippen molar-refractivity contribution in [3.63, 3.8) is 0 Å². The lowest BCUT2D eigenvalue weighted by atomic mass is 10.1. The summed E-state index contributed by atoms with van der Waals surface area (Å²) in [6.45, 7) is 8.74. The zero-order chi connectivity index (χ0) is 26.5. The van der Waals surface area contributed by atoms with E-state index in [1.807, 2.05) is 42.2 Å². The predicted molar refractivity (Wildman–Crippen MR) is 155 cm³/mol. The van der Waals surface area contributed by atoms with E-state index in [1.165, 1.54) is 32.8 Å². The summed E-state index contributed by atoms with van der Waals surface area (Å²) in [5.41, 5.74) is 7.84. The number of fused-ring (bicyclic) bond motifs is 2. The van der Waals surface area contributed by atoms with Crippen molar-refractivity contribution in [1.29, 1.82) is 0 Å². The van der Waals surface area contributed by atoms with Crippen LogP contribution in [-0.4, -0.2) is 26.0 Å². The molecule has 37 heavy (non-hydrogen) atoms. The van der Waals surface area contributed by atoms with Gasteiger partial charge in [-0.25, -0.2) is 14.6 Å². The lowest BCUT2D eigenvalue weighted by Gasteiger charge is -2.04. The van der Waals surface area contributed by atoms with E-state index in [0.717, 1.165) is 33.4 Å². The van der Waals surface area contributed by atoms with Gasteiger partial charge in [-0.1, -0.05) is 44.0 Å². The molecule has 5 aromatic rings. The van der Waals surface area contributed by atoms with E-state index in [-0.39, 0.29) is 0 Å². The number of aryl methyl sites for hydroxylation is 4. The Morgan fingerprint density at radius 1 is 0.811 bits per heavy atom. The molecule has 2 aromatic carbocycles. The van der Waals surface area contributed by atoms with Crippen molar-refractivity contribution in [1.82, 2.24) is 19.7 Å². The summed E-state index contributed by atoms with van der Waals surface area (Å²) < 4.78 is 16.2. The number of aliphatic imine (C=N–C) groups is 1. The van der Waals surface area contributed by atoms with Crippen LogP contribution in [0, 0.1) is 33.6 Å². The average Bonchev–Trinajstić information content (AvgIpc) is 3.47. The quantitative estimate of drug-likeness (QED) is 0.178. The molecule has 0 atom stereocenters. The van der Waals surface area contributed by atoms with Gasteiger partial charge in [0.25, 0.3) is 0 Å². The molecule has 4 heterocycles. The second kappa shape index (κ2) is 11.9.